The van der Waals surface area contributed by atoms with Gasteiger partial charge in [-0.25, -0.2) is 13.2 Å². The molecule has 0 saturated heterocycles. The molecule has 0 aliphatic rings. The minimum absolute atomic E-state index is 0.256. The molecular weight excluding hydrogens is 288 g/mol. The molecule has 1 N–H and O–H groups in total. The molecule has 110 valence electrons. The van der Waals surface area contributed by atoms with E-state index in [1.807, 2.05) is 5.32 Å². The third-order valence-electron chi connectivity index (χ3n) is 2.21. The normalized spacial score (nSPS) is 12.1. The lowest BCUT2D eigenvalue weighted by Gasteiger charge is -2.19. The van der Waals surface area contributed by atoms with Gasteiger partial charge in [0.1, 0.15) is 6.42 Å². The van der Waals surface area contributed by atoms with Gasteiger partial charge in [-0.2, -0.15) is 13.2 Å². The number of anilines is 1. The van der Waals surface area contributed by atoms with Crippen LogP contribution >= 0.6 is 0 Å². The molecule has 20 heavy (non-hydrogen) atoms. The summed E-state index contributed by atoms with van der Waals surface area (Å²) in [5.74, 6) is -6.76. The fraction of sp³-hybridized carbons (Fsp3) is 0.250. The SMILES string of the molecule is C=C(F)C(=O)Nc1cccc(C(F)(F)CC(F)(F)F)c1. The van der Waals surface area contributed by atoms with E-state index in [1.54, 1.807) is 0 Å². The van der Waals surface area contributed by atoms with E-state index in [0.717, 1.165) is 18.2 Å². The molecule has 1 rings (SSSR count). The van der Waals surface area contributed by atoms with Gasteiger partial charge in [-0.1, -0.05) is 18.7 Å². The Morgan fingerprint density at radius 2 is 1.80 bits per heavy atom. The Kier molecular flexibility index (Phi) is 4.46. The van der Waals surface area contributed by atoms with Gasteiger partial charge in [0.2, 0.25) is 0 Å². The van der Waals surface area contributed by atoms with Gasteiger partial charge in [0.15, 0.2) is 5.83 Å². The van der Waals surface area contributed by atoms with Crippen LogP contribution in [-0.4, -0.2) is 12.1 Å². The maximum atomic E-state index is 13.4. The second kappa shape index (κ2) is 5.56. The number of amides is 1. The summed E-state index contributed by atoms with van der Waals surface area (Å²) in [6.45, 7) is 2.70. The first kappa shape index (κ1) is 16.1. The Morgan fingerprint density at radius 3 is 2.30 bits per heavy atom. The number of carbonyl (C=O) groups excluding carboxylic acids is 1. The summed E-state index contributed by atoms with van der Waals surface area (Å²) >= 11 is 0. The van der Waals surface area contributed by atoms with Crippen LogP contribution in [0.4, 0.5) is 32.0 Å². The van der Waals surface area contributed by atoms with Crippen molar-refractivity contribution in [3.8, 4) is 0 Å². The summed E-state index contributed by atoms with van der Waals surface area (Å²) < 4.78 is 75.4. The molecule has 0 radical (unpaired) electrons. The van der Waals surface area contributed by atoms with Crippen molar-refractivity contribution in [1.82, 2.24) is 0 Å². The highest BCUT2D eigenvalue weighted by Crippen LogP contribution is 2.39. The number of rotatable bonds is 4. The highest BCUT2D eigenvalue weighted by Gasteiger charge is 2.44. The molecule has 8 heteroatoms. The molecule has 0 heterocycles. The Balaban J connectivity index is 2.98. The Labute approximate surface area is 110 Å². The van der Waals surface area contributed by atoms with Crippen molar-refractivity contribution in [3.05, 3.63) is 42.2 Å². The van der Waals surface area contributed by atoms with Gasteiger partial charge in [0.25, 0.3) is 11.8 Å². The standard InChI is InChI=1S/C12H9F6NO/c1-7(13)10(20)19-9-4-2-3-8(5-9)11(14,15)6-12(16,17)18/h2-5H,1,6H2,(H,19,20). The van der Waals surface area contributed by atoms with E-state index in [4.69, 9.17) is 0 Å². The number of alkyl halides is 5. The summed E-state index contributed by atoms with van der Waals surface area (Å²) in [7, 11) is 0. The highest BCUT2D eigenvalue weighted by molar-refractivity contribution is 6.01. The molecule has 0 atom stereocenters. The number of benzene rings is 1. The van der Waals surface area contributed by atoms with E-state index in [0.29, 0.717) is 6.07 Å². The van der Waals surface area contributed by atoms with Gasteiger partial charge in [-0.05, 0) is 12.1 Å². The quantitative estimate of drug-likeness (QED) is 0.656. The third kappa shape index (κ3) is 4.60. The first-order valence-corrected chi connectivity index (χ1v) is 5.22. The van der Waals surface area contributed by atoms with Gasteiger partial charge >= 0.3 is 6.18 Å². The van der Waals surface area contributed by atoms with Gasteiger partial charge in [0.05, 0.1) is 0 Å². The molecule has 2 nitrogen and oxygen atoms in total. The molecule has 0 saturated carbocycles. The lowest BCUT2D eigenvalue weighted by Crippen LogP contribution is -2.24. The number of hydrogen-bond donors (Lipinski definition) is 1. The van der Waals surface area contributed by atoms with Gasteiger partial charge in [-0.3, -0.25) is 4.79 Å². The lowest BCUT2D eigenvalue weighted by molar-refractivity contribution is -0.190. The first-order chi connectivity index (χ1) is 9.01. The van der Waals surface area contributed by atoms with Gasteiger partial charge < -0.3 is 5.32 Å². The van der Waals surface area contributed by atoms with Crippen molar-refractivity contribution in [3.63, 3.8) is 0 Å². The summed E-state index contributed by atoms with van der Waals surface area (Å²) in [5.41, 5.74) is -1.19. The van der Waals surface area contributed by atoms with E-state index in [1.165, 1.54) is 0 Å². The Hall–Kier alpha value is -1.99. The monoisotopic (exact) mass is 297 g/mol. The fourth-order valence-electron chi connectivity index (χ4n) is 1.38. The molecule has 1 aromatic carbocycles. The fourth-order valence-corrected chi connectivity index (χ4v) is 1.38. The second-order valence-corrected chi connectivity index (χ2v) is 3.94. The molecule has 0 spiro atoms. The Bertz CT molecular complexity index is 523. The van der Waals surface area contributed by atoms with Crippen molar-refractivity contribution in [2.75, 3.05) is 5.32 Å². The van der Waals surface area contributed by atoms with Crippen LogP contribution in [-0.2, 0) is 10.7 Å². The van der Waals surface area contributed by atoms with Crippen LogP contribution in [0.15, 0.2) is 36.7 Å². The summed E-state index contributed by atoms with van der Waals surface area (Å²) in [5, 5.41) is 1.89. The Morgan fingerprint density at radius 1 is 1.20 bits per heavy atom. The molecule has 0 bridgehead atoms. The van der Waals surface area contributed by atoms with E-state index in [9.17, 15) is 31.1 Å². The number of nitrogens with one attached hydrogen (secondary N) is 1. The zero-order chi connectivity index (χ0) is 15.6. The van der Waals surface area contributed by atoms with E-state index < -0.39 is 35.8 Å². The average molecular weight is 297 g/mol. The molecule has 0 aliphatic heterocycles. The van der Waals surface area contributed by atoms with Crippen molar-refractivity contribution >= 4 is 11.6 Å². The third-order valence-corrected chi connectivity index (χ3v) is 2.21. The van der Waals surface area contributed by atoms with Gasteiger partial charge in [-0.15, -0.1) is 0 Å². The van der Waals surface area contributed by atoms with Crippen LogP contribution in [0.3, 0.4) is 0 Å². The molecule has 0 aliphatic carbocycles. The molecule has 0 unspecified atom stereocenters. The van der Waals surface area contributed by atoms with Crippen molar-refractivity contribution in [2.24, 2.45) is 0 Å². The number of hydrogen-bond acceptors (Lipinski definition) is 1. The van der Waals surface area contributed by atoms with E-state index in [2.05, 4.69) is 6.58 Å². The van der Waals surface area contributed by atoms with Crippen LogP contribution in [0.5, 0.6) is 0 Å². The molecular formula is C12H9F6NO. The summed E-state index contributed by atoms with van der Waals surface area (Å²) in [6.07, 6.45) is -7.37. The first-order valence-electron chi connectivity index (χ1n) is 5.22. The zero-order valence-corrected chi connectivity index (χ0v) is 9.90. The average Bonchev–Trinajstić information content (AvgIpc) is 2.26. The predicted octanol–water partition coefficient (Wildman–Crippen LogP) is 4.15. The van der Waals surface area contributed by atoms with Crippen LogP contribution in [0, 0.1) is 0 Å². The van der Waals surface area contributed by atoms with E-state index >= 15 is 0 Å². The van der Waals surface area contributed by atoms with Crippen molar-refractivity contribution in [2.45, 2.75) is 18.5 Å². The largest absolute Gasteiger partial charge is 0.395 e. The van der Waals surface area contributed by atoms with Crippen LogP contribution < -0.4 is 5.32 Å². The minimum Gasteiger partial charge on any atom is -0.320 e. The van der Waals surface area contributed by atoms with E-state index in [-0.39, 0.29) is 5.69 Å². The van der Waals surface area contributed by atoms with Gasteiger partial charge in [0, 0.05) is 11.3 Å². The molecule has 1 amide bonds. The van der Waals surface area contributed by atoms with Crippen LogP contribution in [0.1, 0.15) is 12.0 Å². The maximum absolute atomic E-state index is 13.4. The number of carbonyl (C=O) groups is 1. The smallest absolute Gasteiger partial charge is 0.320 e. The number of halogens is 6. The molecule has 0 fully saturated rings. The highest BCUT2D eigenvalue weighted by atomic mass is 19.4. The minimum atomic E-state index is -5.05. The summed E-state index contributed by atoms with van der Waals surface area (Å²) in [6, 6.07) is 3.59. The van der Waals surface area contributed by atoms with Crippen LogP contribution in [0.25, 0.3) is 0 Å². The summed E-state index contributed by atoms with van der Waals surface area (Å²) in [4.78, 5) is 10.9. The topological polar surface area (TPSA) is 29.1 Å². The molecule has 1 aromatic rings. The zero-order valence-electron chi connectivity index (χ0n) is 9.90. The predicted molar refractivity (Wildman–Crippen MR) is 59.9 cm³/mol. The lowest BCUT2D eigenvalue weighted by atomic mass is 10.0. The molecule has 0 aromatic heterocycles. The second-order valence-electron chi connectivity index (χ2n) is 3.94. The van der Waals surface area contributed by atoms with Crippen molar-refractivity contribution < 1.29 is 31.1 Å². The van der Waals surface area contributed by atoms with Crippen molar-refractivity contribution in [1.29, 1.82) is 0 Å². The van der Waals surface area contributed by atoms with Crippen LogP contribution in [0.2, 0.25) is 0 Å². The maximum Gasteiger partial charge on any atom is 0.395 e.